The van der Waals surface area contributed by atoms with Gasteiger partial charge >= 0.3 is 5.97 Å². The van der Waals surface area contributed by atoms with Crippen LogP contribution in [0.3, 0.4) is 0 Å². The van der Waals surface area contributed by atoms with E-state index in [1.165, 1.54) is 17.8 Å². The van der Waals surface area contributed by atoms with E-state index in [1.54, 1.807) is 19.2 Å². The third-order valence-corrected chi connectivity index (χ3v) is 4.47. The molecule has 0 saturated heterocycles. The lowest BCUT2D eigenvalue weighted by Crippen LogP contribution is -2.11. The van der Waals surface area contributed by atoms with Crippen molar-refractivity contribution in [2.45, 2.75) is 34.6 Å². The minimum Gasteiger partial charge on any atom is -0.407 e. The summed E-state index contributed by atoms with van der Waals surface area (Å²) in [5.74, 6) is -0.639. The van der Waals surface area contributed by atoms with Crippen molar-refractivity contribution < 1.29 is 14.3 Å². The molecule has 0 fully saturated rings. The van der Waals surface area contributed by atoms with Crippen molar-refractivity contribution >= 4 is 28.9 Å². The number of aromatic nitrogens is 2. The average molecular weight is 361 g/mol. The number of carbonyl (C=O) groups is 2. The lowest BCUT2D eigenvalue weighted by atomic mass is 9.92. The molecule has 1 heterocycles. The lowest BCUT2D eigenvalue weighted by Gasteiger charge is -2.15. The highest BCUT2D eigenvalue weighted by Crippen LogP contribution is 2.33. The van der Waals surface area contributed by atoms with E-state index >= 15 is 0 Å². The molecule has 0 amide bonds. The molecule has 25 heavy (non-hydrogen) atoms. The number of hydrogen-bond acceptors (Lipinski definition) is 4. The number of aryl methyl sites for hydroxylation is 1. The summed E-state index contributed by atoms with van der Waals surface area (Å²) in [6.07, 6.45) is 1.40. The van der Waals surface area contributed by atoms with Gasteiger partial charge in [0.25, 0.3) is 0 Å². The first-order valence-electron chi connectivity index (χ1n) is 7.83. The van der Waals surface area contributed by atoms with Crippen molar-refractivity contribution in [3.05, 3.63) is 51.2 Å². The van der Waals surface area contributed by atoms with Crippen LogP contribution in [0.15, 0.2) is 23.9 Å². The maximum absolute atomic E-state index is 13.0. The van der Waals surface area contributed by atoms with Gasteiger partial charge in [-0.2, -0.15) is 5.10 Å². The van der Waals surface area contributed by atoms with Crippen LogP contribution in [0.1, 0.15) is 54.7 Å². The summed E-state index contributed by atoms with van der Waals surface area (Å²) in [7, 11) is 1.61. The highest BCUT2D eigenvalue weighted by molar-refractivity contribution is 6.32. The van der Waals surface area contributed by atoms with Gasteiger partial charge in [-0.25, -0.2) is 4.68 Å². The Hall–Kier alpha value is -2.40. The fourth-order valence-corrected chi connectivity index (χ4v) is 2.97. The van der Waals surface area contributed by atoms with E-state index in [0.29, 0.717) is 10.6 Å². The van der Waals surface area contributed by atoms with Crippen LogP contribution in [0.4, 0.5) is 0 Å². The Balaban J connectivity index is 2.61. The number of esters is 1. The fourth-order valence-electron chi connectivity index (χ4n) is 2.62. The second-order valence-corrected chi connectivity index (χ2v) is 6.54. The molecule has 0 spiro atoms. The maximum Gasteiger partial charge on any atom is 0.309 e. The number of halogens is 1. The van der Waals surface area contributed by atoms with Crippen molar-refractivity contribution in [1.82, 2.24) is 9.78 Å². The van der Waals surface area contributed by atoms with E-state index in [-0.39, 0.29) is 17.2 Å². The molecule has 1 aromatic carbocycles. The molecule has 1 aromatic heterocycles. The van der Waals surface area contributed by atoms with E-state index in [9.17, 15) is 9.59 Å². The van der Waals surface area contributed by atoms with Crippen LogP contribution in [-0.4, -0.2) is 21.5 Å². The molecule has 0 N–H and O–H groups in total. The van der Waals surface area contributed by atoms with E-state index in [2.05, 4.69) is 5.10 Å². The third kappa shape index (κ3) is 3.66. The minimum absolute atomic E-state index is 0.132. The van der Waals surface area contributed by atoms with E-state index in [1.807, 2.05) is 27.7 Å². The van der Waals surface area contributed by atoms with Crippen LogP contribution in [0, 0.1) is 6.92 Å². The van der Waals surface area contributed by atoms with E-state index < -0.39 is 5.97 Å². The summed E-state index contributed by atoms with van der Waals surface area (Å²) >= 11 is 6.36. The number of ether oxygens (including phenoxy) is 1. The van der Waals surface area contributed by atoms with Gasteiger partial charge in [-0.3, -0.25) is 9.59 Å². The molecule has 0 aliphatic heterocycles. The quantitative estimate of drug-likeness (QED) is 0.600. The van der Waals surface area contributed by atoms with Crippen molar-refractivity contribution in [2.24, 2.45) is 7.05 Å². The summed E-state index contributed by atoms with van der Waals surface area (Å²) in [6, 6.07) is 3.40. The second kappa shape index (κ2) is 7.23. The molecule has 132 valence electrons. The van der Waals surface area contributed by atoms with Crippen LogP contribution < -0.4 is 4.74 Å². The standard InChI is InChI=1S/C19H21ClN2O3/c1-10(2)11(3)17-12(4)14(7-8-16(17)20)18(24)15-9-21-22(6)19(15)25-13(5)23/h7-9H,1-6H3. The summed E-state index contributed by atoms with van der Waals surface area (Å²) in [4.78, 5) is 24.3. The van der Waals surface area contributed by atoms with Crippen LogP contribution >= 0.6 is 11.6 Å². The van der Waals surface area contributed by atoms with Gasteiger partial charge in [0.1, 0.15) is 5.56 Å². The zero-order valence-corrected chi connectivity index (χ0v) is 16.0. The van der Waals surface area contributed by atoms with Gasteiger partial charge in [-0.15, -0.1) is 0 Å². The monoisotopic (exact) mass is 360 g/mol. The molecule has 0 radical (unpaired) electrons. The number of allylic oxidation sites excluding steroid dienone is 2. The van der Waals surface area contributed by atoms with Crippen molar-refractivity contribution in [2.75, 3.05) is 0 Å². The summed E-state index contributed by atoms with van der Waals surface area (Å²) < 4.78 is 6.51. The summed E-state index contributed by atoms with van der Waals surface area (Å²) in [5, 5.41) is 4.63. The first-order chi connectivity index (χ1) is 11.6. The summed E-state index contributed by atoms with van der Waals surface area (Å²) in [6.45, 7) is 9.12. The van der Waals surface area contributed by atoms with Gasteiger partial charge < -0.3 is 4.74 Å². The number of benzene rings is 1. The highest BCUT2D eigenvalue weighted by atomic mass is 35.5. The van der Waals surface area contributed by atoms with Crippen molar-refractivity contribution in [3.8, 4) is 5.88 Å². The normalized spacial score (nSPS) is 10.5. The average Bonchev–Trinajstić information content (AvgIpc) is 2.87. The molecule has 2 rings (SSSR count). The van der Waals surface area contributed by atoms with Crippen molar-refractivity contribution in [1.29, 1.82) is 0 Å². The Morgan fingerprint density at radius 2 is 1.76 bits per heavy atom. The zero-order valence-electron chi connectivity index (χ0n) is 15.2. The van der Waals surface area contributed by atoms with Gasteiger partial charge in [-0.1, -0.05) is 17.2 Å². The molecule has 0 unspecified atom stereocenters. The molecular weight excluding hydrogens is 340 g/mol. The van der Waals surface area contributed by atoms with Gasteiger partial charge in [0.15, 0.2) is 5.78 Å². The molecule has 5 nitrogen and oxygen atoms in total. The molecule has 0 aliphatic rings. The number of hydrogen-bond donors (Lipinski definition) is 0. The van der Waals surface area contributed by atoms with Crippen LogP contribution in [0.25, 0.3) is 5.57 Å². The summed E-state index contributed by atoms with van der Waals surface area (Å²) in [5.41, 5.74) is 4.53. The van der Waals surface area contributed by atoms with Gasteiger partial charge in [0.05, 0.1) is 6.20 Å². The predicted molar refractivity (Wildman–Crippen MR) is 98.1 cm³/mol. The SMILES string of the molecule is CC(=O)Oc1c(C(=O)c2ccc(Cl)c(C(C)=C(C)C)c2C)cnn1C. The smallest absolute Gasteiger partial charge is 0.309 e. The van der Waals surface area contributed by atoms with Crippen LogP contribution in [-0.2, 0) is 11.8 Å². The van der Waals surface area contributed by atoms with Crippen LogP contribution in [0.5, 0.6) is 5.88 Å². The minimum atomic E-state index is -0.508. The first kappa shape index (κ1) is 18.9. The zero-order chi connectivity index (χ0) is 18.9. The van der Waals surface area contributed by atoms with E-state index in [4.69, 9.17) is 16.3 Å². The molecule has 0 aliphatic carbocycles. The predicted octanol–water partition coefficient (Wildman–Crippen LogP) is 4.35. The molecular formula is C19H21ClN2O3. The van der Waals surface area contributed by atoms with Crippen LogP contribution in [0.2, 0.25) is 5.02 Å². The third-order valence-electron chi connectivity index (χ3n) is 4.15. The Labute approximate surface area is 152 Å². The molecule has 2 aromatic rings. The molecule has 0 bridgehead atoms. The van der Waals surface area contributed by atoms with Gasteiger partial charge in [-0.05, 0) is 56.5 Å². The number of ketones is 1. The maximum atomic E-state index is 13.0. The fraction of sp³-hybridized carbons (Fsp3) is 0.316. The van der Waals surface area contributed by atoms with Gasteiger partial charge in [0, 0.05) is 24.6 Å². The molecule has 6 heteroatoms. The number of nitrogens with zero attached hydrogens (tertiary/aromatic N) is 2. The van der Waals surface area contributed by atoms with E-state index in [0.717, 1.165) is 22.3 Å². The Kier molecular flexibility index (Phi) is 5.48. The van der Waals surface area contributed by atoms with Crippen molar-refractivity contribution in [3.63, 3.8) is 0 Å². The Morgan fingerprint density at radius 3 is 2.32 bits per heavy atom. The number of rotatable bonds is 4. The van der Waals surface area contributed by atoms with Gasteiger partial charge in [0.2, 0.25) is 5.88 Å². The topological polar surface area (TPSA) is 61.2 Å². The molecule has 0 atom stereocenters. The Morgan fingerprint density at radius 1 is 1.12 bits per heavy atom. The first-order valence-corrected chi connectivity index (χ1v) is 8.21. The Bertz CT molecular complexity index is 890. The lowest BCUT2D eigenvalue weighted by molar-refractivity contribution is -0.132. The number of carbonyl (C=O) groups excluding carboxylic acids is 2. The molecule has 0 saturated carbocycles. The second-order valence-electron chi connectivity index (χ2n) is 6.13. The largest absolute Gasteiger partial charge is 0.407 e. The highest BCUT2D eigenvalue weighted by Gasteiger charge is 2.23.